The van der Waals surface area contributed by atoms with Gasteiger partial charge in [0.2, 0.25) is 0 Å². The van der Waals surface area contributed by atoms with Gasteiger partial charge in [0.15, 0.2) is 0 Å². The van der Waals surface area contributed by atoms with E-state index in [0.29, 0.717) is 0 Å². The van der Waals surface area contributed by atoms with Crippen molar-refractivity contribution in [1.29, 1.82) is 0 Å². The normalized spacial score (nSPS) is 10.5. The summed E-state index contributed by atoms with van der Waals surface area (Å²) in [7, 11) is 1.92. The molecule has 0 bridgehead atoms. The van der Waals surface area contributed by atoms with Crippen LogP contribution in [-0.2, 0) is 13.5 Å². The number of nitrogens with two attached hydrogens (primary N) is 1. The molecule has 14 heavy (non-hydrogen) atoms. The van der Waals surface area contributed by atoms with Crippen molar-refractivity contribution in [3.63, 3.8) is 0 Å². The van der Waals surface area contributed by atoms with Crippen LogP contribution < -0.4 is 11.1 Å². The van der Waals surface area contributed by atoms with Crippen LogP contribution in [0.4, 0.5) is 11.5 Å². The fourth-order valence-electron chi connectivity index (χ4n) is 1.47. The van der Waals surface area contributed by atoms with Gasteiger partial charge in [0, 0.05) is 13.6 Å². The zero-order valence-corrected chi connectivity index (χ0v) is 9.30. The van der Waals surface area contributed by atoms with Crippen molar-refractivity contribution >= 4 is 11.5 Å². The van der Waals surface area contributed by atoms with Gasteiger partial charge < -0.3 is 11.1 Å². The first-order valence-electron chi connectivity index (χ1n) is 5.25. The summed E-state index contributed by atoms with van der Waals surface area (Å²) in [5, 5.41) is 7.67. The lowest BCUT2D eigenvalue weighted by atomic mass is 10.2. The number of hydrogen-bond donors (Lipinski definition) is 2. The van der Waals surface area contributed by atoms with E-state index in [0.717, 1.165) is 43.0 Å². The maximum absolute atomic E-state index is 5.99. The van der Waals surface area contributed by atoms with Crippen LogP contribution in [0.1, 0.15) is 32.4 Å². The summed E-state index contributed by atoms with van der Waals surface area (Å²) in [4.78, 5) is 0. The fraction of sp³-hybridized carbons (Fsp3) is 0.700. The van der Waals surface area contributed by atoms with Crippen LogP contribution in [0.3, 0.4) is 0 Å². The Hall–Kier alpha value is -1.19. The van der Waals surface area contributed by atoms with E-state index in [-0.39, 0.29) is 0 Å². The van der Waals surface area contributed by atoms with E-state index in [9.17, 15) is 0 Å². The van der Waals surface area contributed by atoms with Gasteiger partial charge in [0.05, 0.1) is 11.4 Å². The number of nitrogen functional groups attached to an aromatic ring is 1. The molecule has 0 aliphatic carbocycles. The van der Waals surface area contributed by atoms with Crippen LogP contribution in [0.25, 0.3) is 0 Å². The molecule has 0 radical (unpaired) electrons. The SMILES string of the molecule is CCCNc1c(N)c(CCC)nn1C. The lowest BCUT2D eigenvalue weighted by molar-refractivity contribution is 0.734. The highest BCUT2D eigenvalue weighted by Gasteiger charge is 2.11. The van der Waals surface area contributed by atoms with Crippen LogP contribution >= 0.6 is 0 Å². The predicted molar refractivity (Wildman–Crippen MR) is 60.4 cm³/mol. The van der Waals surface area contributed by atoms with Gasteiger partial charge in [-0.3, -0.25) is 4.68 Å². The summed E-state index contributed by atoms with van der Waals surface area (Å²) in [6, 6.07) is 0. The van der Waals surface area contributed by atoms with E-state index >= 15 is 0 Å². The van der Waals surface area contributed by atoms with Gasteiger partial charge in [-0.1, -0.05) is 20.3 Å². The molecule has 1 aromatic rings. The zero-order chi connectivity index (χ0) is 10.6. The Morgan fingerprint density at radius 2 is 2.07 bits per heavy atom. The predicted octanol–water partition coefficient (Wildman–Crippen LogP) is 1.78. The second kappa shape index (κ2) is 4.88. The molecular weight excluding hydrogens is 176 g/mol. The van der Waals surface area contributed by atoms with Gasteiger partial charge in [0.1, 0.15) is 5.82 Å². The summed E-state index contributed by atoms with van der Waals surface area (Å²) < 4.78 is 1.83. The smallest absolute Gasteiger partial charge is 0.147 e. The number of aromatic nitrogens is 2. The first kappa shape index (κ1) is 10.9. The molecule has 0 saturated carbocycles. The summed E-state index contributed by atoms with van der Waals surface area (Å²) in [5.74, 6) is 0.954. The Labute approximate surface area is 85.5 Å². The van der Waals surface area contributed by atoms with Crippen molar-refractivity contribution in [3.8, 4) is 0 Å². The van der Waals surface area contributed by atoms with Crippen LogP contribution in [0, 0.1) is 0 Å². The summed E-state index contributed by atoms with van der Waals surface area (Å²) in [6.45, 7) is 5.20. The number of nitrogens with one attached hydrogen (secondary N) is 1. The number of anilines is 2. The molecule has 80 valence electrons. The monoisotopic (exact) mass is 196 g/mol. The van der Waals surface area contributed by atoms with E-state index in [4.69, 9.17) is 5.73 Å². The van der Waals surface area contributed by atoms with Gasteiger partial charge in [-0.15, -0.1) is 0 Å². The molecule has 0 spiro atoms. The van der Waals surface area contributed by atoms with Gasteiger partial charge in [-0.2, -0.15) is 5.10 Å². The van der Waals surface area contributed by atoms with Crippen molar-refractivity contribution < 1.29 is 0 Å². The van der Waals surface area contributed by atoms with Crippen LogP contribution in [0.2, 0.25) is 0 Å². The highest BCUT2D eigenvalue weighted by atomic mass is 15.3. The molecule has 3 N–H and O–H groups in total. The van der Waals surface area contributed by atoms with Gasteiger partial charge in [-0.25, -0.2) is 0 Å². The highest BCUT2D eigenvalue weighted by Crippen LogP contribution is 2.22. The minimum absolute atomic E-state index is 0.808. The van der Waals surface area contributed by atoms with E-state index in [1.54, 1.807) is 0 Å². The molecule has 0 aromatic carbocycles. The van der Waals surface area contributed by atoms with Crippen LogP contribution in [-0.4, -0.2) is 16.3 Å². The third kappa shape index (κ3) is 2.19. The van der Waals surface area contributed by atoms with Crippen molar-refractivity contribution in [3.05, 3.63) is 5.69 Å². The van der Waals surface area contributed by atoms with Crippen molar-refractivity contribution in [1.82, 2.24) is 9.78 Å². The Balaban J connectivity index is 2.81. The molecule has 4 heteroatoms. The third-order valence-corrected chi connectivity index (χ3v) is 2.19. The maximum Gasteiger partial charge on any atom is 0.147 e. The topological polar surface area (TPSA) is 55.9 Å². The Morgan fingerprint density at radius 3 is 2.64 bits per heavy atom. The second-order valence-corrected chi connectivity index (χ2v) is 3.51. The van der Waals surface area contributed by atoms with Gasteiger partial charge in [-0.05, 0) is 12.8 Å². The molecule has 0 amide bonds. The van der Waals surface area contributed by atoms with Crippen LogP contribution in [0.15, 0.2) is 0 Å². The summed E-state index contributed by atoms with van der Waals surface area (Å²) >= 11 is 0. The zero-order valence-electron chi connectivity index (χ0n) is 9.30. The number of nitrogens with zero attached hydrogens (tertiary/aromatic N) is 2. The van der Waals surface area contributed by atoms with Gasteiger partial charge in [0.25, 0.3) is 0 Å². The molecule has 1 rings (SSSR count). The van der Waals surface area contributed by atoms with Crippen molar-refractivity contribution in [2.75, 3.05) is 17.6 Å². The highest BCUT2D eigenvalue weighted by molar-refractivity contribution is 5.64. The lowest BCUT2D eigenvalue weighted by Gasteiger charge is -2.05. The molecule has 0 fully saturated rings. The maximum atomic E-state index is 5.99. The number of hydrogen-bond acceptors (Lipinski definition) is 3. The third-order valence-electron chi connectivity index (χ3n) is 2.19. The summed E-state index contributed by atoms with van der Waals surface area (Å²) in [5.41, 5.74) is 7.80. The van der Waals surface area contributed by atoms with E-state index in [1.165, 1.54) is 0 Å². The van der Waals surface area contributed by atoms with Crippen LogP contribution in [0.5, 0.6) is 0 Å². The van der Waals surface area contributed by atoms with E-state index < -0.39 is 0 Å². The lowest BCUT2D eigenvalue weighted by Crippen LogP contribution is -2.06. The summed E-state index contributed by atoms with van der Waals surface area (Å²) in [6.07, 6.45) is 3.12. The van der Waals surface area contributed by atoms with E-state index in [1.807, 2.05) is 11.7 Å². The van der Waals surface area contributed by atoms with Crippen molar-refractivity contribution in [2.45, 2.75) is 33.1 Å². The molecule has 4 nitrogen and oxygen atoms in total. The molecular formula is C10H20N4. The molecule has 1 aromatic heterocycles. The Kier molecular flexibility index (Phi) is 3.80. The molecule has 1 heterocycles. The quantitative estimate of drug-likeness (QED) is 0.754. The average Bonchev–Trinajstić information content (AvgIpc) is 2.41. The first-order valence-corrected chi connectivity index (χ1v) is 5.25. The fourth-order valence-corrected chi connectivity index (χ4v) is 1.47. The molecule has 0 unspecified atom stereocenters. The Morgan fingerprint density at radius 1 is 1.36 bits per heavy atom. The second-order valence-electron chi connectivity index (χ2n) is 3.51. The minimum atomic E-state index is 0.808. The minimum Gasteiger partial charge on any atom is -0.394 e. The molecule has 0 aliphatic heterocycles. The molecule has 0 aliphatic rings. The van der Waals surface area contributed by atoms with E-state index in [2.05, 4.69) is 24.3 Å². The number of aryl methyl sites for hydroxylation is 2. The van der Waals surface area contributed by atoms with Crippen molar-refractivity contribution in [2.24, 2.45) is 7.05 Å². The Bertz CT molecular complexity index is 291. The van der Waals surface area contributed by atoms with Gasteiger partial charge >= 0.3 is 0 Å². The first-order chi connectivity index (χ1) is 6.70. The standard InChI is InChI=1S/C10H20N4/c1-4-6-8-9(11)10(12-7-5-2)14(3)13-8/h12H,4-7,11H2,1-3H3. The number of rotatable bonds is 5. The average molecular weight is 196 g/mol. The molecule has 0 atom stereocenters. The molecule has 0 saturated heterocycles. The largest absolute Gasteiger partial charge is 0.394 e.